The quantitative estimate of drug-likeness (QED) is 0.557. The molecule has 0 saturated heterocycles. The Morgan fingerprint density at radius 1 is 1.34 bits per heavy atom. The largest absolute Gasteiger partial charge is 0.484 e. The molecule has 4 rings (SSSR count). The van der Waals surface area contributed by atoms with Crippen LogP contribution in [-0.4, -0.2) is 57.0 Å². The Labute approximate surface area is 180 Å². The van der Waals surface area contributed by atoms with Gasteiger partial charge in [0.1, 0.15) is 16.7 Å². The van der Waals surface area contributed by atoms with Gasteiger partial charge in [0.05, 0.1) is 43.1 Å². The highest BCUT2D eigenvalue weighted by Crippen LogP contribution is 2.39. The van der Waals surface area contributed by atoms with E-state index in [1.165, 1.54) is 42.3 Å². The summed E-state index contributed by atoms with van der Waals surface area (Å²) in [5.41, 5.74) is 0.0424. The molecule has 1 amide bonds. The number of carbonyl (C=O) groups is 1. The fourth-order valence-electron chi connectivity index (χ4n) is 3.29. The maximum Gasteiger partial charge on any atom is 0.409 e. The van der Waals surface area contributed by atoms with E-state index in [9.17, 15) is 22.0 Å². The molecule has 15 heteroatoms. The van der Waals surface area contributed by atoms with Crippen LogP contribution >= 0.6 is 0 Å². The zero-order valence-corrected chi connectivity index (χ0v) is 17.3. The number of halogens is 2. The summed E-state index contributed by atoms with van der Waals surface area (Å²) < 4.78 is 60.2. The van der Waals surface area contributed by atoms with Gasteiger partial charge in [-0.1, -0.05) is 0 Å². The van der Waals surface area contributed by atoms with E-state index in [1.54, 1.807) is 0 Å². The van der Waals surface area contributed by atoms with E-state index >= 15 is 0 Å². The molecule has 0 spiro atoms. The second kappa shape index (κ2) is 8.07. The Balaban J connectivity index is 1.78. The summed E-state index contributed by atoms with van der Waals surface area (Å²) in [5.74, 6) is 0.159. The Morgan fingerprint density at radius 2 is 2.06 bits per heavy atom. The third-order valence-corrected chi connectivity index (χ3v) is 6.50. The van der Waals surface area contributed by atoms with Gasteiger partial charge in [-0.2, -0.15) is 28.9 Å². The van der Waals surface area contributed by atoms with E-state index < -0.39 is 33.7 Å². The second-order valence-electron chi connectivity index (χ2n) is 6.81. The number of sulfonamides is 1. The first kappa shape index (κ1) is 21.5. The maximum atomic E-state index is 13.5. The first-order valence-corrected chi connectivity index (χ1v) is 10.6. The van der Waals surface area contributed by atoms with E-state index in [-0.39, 0.29) is 40.6 Å². The summed E-state index contributed by atoms with van der Waals surface area (Å²) in [4.78, 5) is 11.9. The van der Waals surface area contributed by atoms with E-state index in [4.69, 9.17) is 9.84 Å². The molecule has 12 nitrogen and oxygen atoms in total. The lowest BCUT2D eigenvalue weighted by Gasteiger charge is -2.35. The van der Waals surface area contributed by atoms with Crippen molar-refractivity contribution in [3.63, 3.8) is 0 Å². The number of hydrogen-bond donors (Lipinski definition) is 2. The molecular weight excluding hydrogens is 452 g/mol. The zero-order valence-electron chi connectivity index (χ0n) is 16.5. The summed E-state index contributed by atoms with van der Waals surface area (Å²) in [6, 6.07) is 4.11. The topological polar surface area (TPSA) is 144 Å². The van der Waals surface area contributed by atoms with Gasteiger partial charge in [-0.15, -0.1) is 0 Å². The molecule has 32 heavy (non-hydrogen) atoms. The molecule has 0 fully saturated rings. The van der Waals surface area contributed by atoms with Crippen LogP contribution < -0.4 is 14.4 Å². The van der Waals surface area contributed by atoms with E-state index in [0.717, 1.165) is 10.5 Å². The summed E-state index contributed by atoms with van der Waals surface area (Å²) in [7, 11) is -4.36. The van der Waals surface area contributed by atoms with Crippen molar-refractivity contribution in [1.82, 2.24) is 24.8 Å². The van der Waals surface area contributed by atoms with Crippen LogP contribution in [0, 0.1) is 6.92 Å². The lowest BCUT2D eigenvalue weighted by atomic mass is 10.2. The van der Waals surface area contributed by atoms with Crippen LogP contribution in [0.25, 0.3) is 0 Å². The molecule has 0 saturated carbocycles. The predicted molar refractivity (Wildman–Crippen MR) is 105 cm³/mol. The average molecular weight is 469 g/mol. The highest BCUT2D eigenvalue weighted by atomic mass is 32.2. The monoisotopic (exact) mass is 469 g/mol. The van der Waals surface area contributed by atoms with Gasteiger partial charge in [0, 0.05) is 5.69 Å². The molecular formula is C17H17F2N7O5S. The fourth-order valence-corrected chi connectivity index (χ4v) is 4.95. The number of carboxylic acid groups (broad SMARTS) is 1. The van der Waals surface area contributed by atoms with Crippen molar-refractivity contribution in [3.8, 4) is 5.75 Å². The highest BCUT2D eigenvalue weighted by Gasteiger charge is 2.37. The third-order valence-electron chi connectivity index (χ3n) is 4.62. The van der Waals surface area contributed by atoms with Gasteiger partial charge in [0.25, 0.3) is 10.0 Å². The number of nitrogens with zero attached hydrogens (tertiary/aromatic N) is 6. The van der Waals surface area contributed by atoms with Crippen molar-refractivity contribution >= 4 is 27.5 Å². The minimum atomic E-state index is -4.36. The molecule has 1 aliphatic rings. The van der Waals surface area contributed by atoms with Crippen molar-refractivity contribution in [2.24, 2.45) is 0 Å². The smallest absolute Gasteiger partial charge is 0.409 e. The number of aromatic nitrogens is 5. The first-order valence-electron chi connectivity index (χ1n) is 9.16. The zero-order chi connectivity index (χ0) is 23.0. The van der Waals surface area contributed by atoms with Gasteiger partial charge in [-0.3, -0.25) is 9.62 Å². The minimum Gasteiger partial charge on any atom is -0.484 e. The maximum absolute atomic E-state index is 13.5. The first-order chi connectivity index (χ1) is 15.1. The Kier molecular flexibility index (Phi) is 5.41. The number of hydrogen-bond acceptors (Lipinski definition) is 7. The Bertz CT molecular complexity index is 1250. The molecule has 0 aliphatic carbocycles. The molecule has 2 aromatic heterocycles. The van der Waals surface area contributed by atoms with Crippen LogP contribution in [0.4, 0.5) is 25.0 Å². The van der Waals surface area contributed by atoms with E-state index in [1.807, 2.05) is 0 Å². The number of rotatable bonds is 6. The number of nitrogens with one attached hydrogen (secondary N) is 1. The van der Waals surface area contributed by atoms with Crippen LogP contribution in [0.1, 0.15) is 12.2 Å². The molecule has 1 unspecified atom stereocenters. The predicted octanol–water partition coefficient (Wildman–Crippen LogP) is 1.92. The second-order valence-corrected chi connectivity index (χ2v) is 8.64. The fraction of sp³-hybridized carbons (Fsp3) is 0.294. The van der Waals surface area contributed by atoms with E-state index in [0.29, 0.717) is 0 Å². The average Bonchev–Trinajstić information content (AvgIpc) is 3.37. The standard InChI is InChI=1S/C17H17F2N7O5S/c1-10-15(9-24(23-10)16(18)19)32(29,30)25-7-12(8-26-20-4-5-21-26)31-14-3-2-11(6-13(14)25)22-17(27)28/h2-6,9,12,16,22H,7-8H2,1H3,(H,27,28). The summed E-state index contributed by atoms with van der Waals surface area (Å²) in [5, 5.41) is 22.7. The summed E-state index contributed by atoms with van der Waals surface area (Å²) in [6.07, 6.45) is 1.61. The Hall–Kier alpha value is -3.75. The van der Waals surface area contributed by atoms with Gasteiger partial charge in [-0.05, 0) is 25.1 Å². The van der Waals surface area contributed by atoms with Gasteiger partial charge >= 0.3 is 12.6 Å². The highest BCUT2D eigenvalue weighted by molar-refractivity contribution is 7.92. The van der Waals surface area contributed by atoms with Crippen molar-refractivity contribution in [2.45, 2.75) is 31.0 Å². The van der Waals surface area contributed by atoms with Gasteiger partial charge in [0.2, 0.25) is 0 Å². The lowest BCUT2D eigenvalue weighted by molar-refractivity contribution is 0.0561. The van der Waals surface area contributed by atoms with Crippen LogP contribution in [0.2, 0.25) is 0 Å². The number of amides is 1. The van der Waals surface area contributed by atoms with Crippen LogP contribution in [0.5, 0.6) is 5.75 Å². The molecule has 1 aromatic carbocycles. The van der Waals surface area contributed by atoms with Crippen molar-refractivity contribution in [2.75, 3.05) is 16.2 Å². The summed E-state index contributed by atoms with van der Waals surface area (Å²) >= 11 is 0. The number of fused-ring (bicyclic) bond motifs is 1. The van der Waals surface area contributed by atoms with Crippen molar-refractivity contribution in [1.29, 1.82) is 0 Å². The van der Waals surface area contributed by atoms with Crippen LogP contribution in [0.15, 0.2) is 41.7 Å². The number of aryl methyl sites for hydroxylation is 1. The van der Waals surface area contributed by atoms with Crippen molar-refractivity contribution in [3.05, 3.63) is 42.5 Å². The summed E-state index contributed by atoms with van der Waals surface area (Å²) in [6.45, 7) is -1.80. The van der Waals surface area contributed by atoms with Crippen molar-refractivity contribution < 1.29 is 31.8 Å². The number of benzene rings is 1. The normalized spacial score (nSPS) is 16.0. The molecule has 170 valence electrons. The molecule has 0 bridgehead atoms. The number of anilines is 2. The number of ether oxygens (including phenoxy) is 1. The lowest BCUT2D eigenvalue weighted by Crippen LogP contribution is -2.45. The van der Waals surface area contributed by atoms with Gasteiger partial charge < -0.3 is 9.84 Å². The van der Waals surface area contributed by atoms with Gasteiger partial charge in [-0.25, -0.2) is 17.9 Å². The molecule has 1 atom stereocenters. The van der Waals surface area contributed by atoms with Crippen LogP contribution in [0.3, 0.4) is 0 Å². The third kappa shape index (κ3) is 4.05. The minimum absolute atomic E-state index is 0.0464. The molecule has 0 radical (unpaired) electrons. The molecule has 2 N–H and O–H groups in total. The molecule has 3 heterocycles. The number of alkyl halides is 2. The van der Waals surface area contributed by atoms with Crippen LogP contribution in [-0.2, 0) is 16.6 Å². The van der Waals surface area contributed by atoms with Gasteiger partial charge in [0.15, 0.2) is 0 Å². The van der Waals surface area contributed by atoms with E-state index in [2.05, 4.69) is 20.6 Å². The Morgan fingerprint density at radius 3 is 2.69 bits per heavy atom. The SMILES string of the molecule is Cc1nn(C(F)F)cc1S(=O)(=O)N1CC(Cn2nccn2)Oc2ccc(NC(=O)O)cc21. The molecule has 1 aliphatic heterocycles. The molecule has 3 aromatic rings.